The summed E-state index contributed by atoms with van der Waals surface area (Å²) in [6, 6.07) is 7.52. The van der Waals surface area contributed by atoms with Crippen LogP contribution in [0, 0.1) is 34.6 Å². The maximum Gasteiger partial charge on any atom is 0.241 e. The second-order valence-electron chi connectivity index (χ2n) is 7.14. The third-order valence-electron chi connectivity index (χ3n) is 5.50. The van der Waals surface area contributed by atoms with Gasteiger partial charge in [-0.2, -0.15) is 5.10 Å². The maximum absolute atomic E-state index is 13.1. The van der Waals surface area contributed by atoms with Gasteiger partial charge in [-0.1, -0.05) is 6.07 Å². The van der Waals surface area contributed by atoms with E-state index in [1.165, 1.54) is 0 Å². The van der Waals surface area contributed by atoms with Crippen LogP contribution in [0.5, 0.6) is 0 Å². The monoisotopic (exact) mass is 398 g/mol. The van der Waals surface area contributed by atoms with Gasteiger partial charge in [-0.3, -0.25) is 9.67 Å². The van der Waals surface area contributed by atoms with Crippen LogP contribution in [0.3, 0.4) is 0 Å². The van der Waals surface area contributed by atoms with Gasteiger partial charge in [-0.05, 0) is 80.6 Å². The quantitative estimate of drug-likeness (QED) is 0.714. The molecular weight excluding hydrogens is 372 g/mol. The van der Waals surface area contributed by atoms with Crippen molar-refractivity contribution < 1.29 is 8.42 Å². The molecule has 2 aromatic heterocycles. The van der Waals surface area contributed by atoms with Gasteiger partial charge < -0.3 is 0 Å². The highest BCUT2D eigenvalue weighted by Crippen LogP contribution is 2.29. The van der Waals surface area contributed by atoms with Gasteiger partial charge in [-0.25, -0.2) is 13.1 Å². The van der Waals surface area contributed by atoms with Gasteiger partial charge in [0, 0.05) is 13.2 Å². The Balaban J connectivity index is 1.90. The molecule has 0 aliphatic heterocycles. The Morgan fingerprint density at radius 2 is 1.57 bits per heavy atom. The first-order valence-electron chi connectivity index (χ1n) is 9.14. The second kappa shape index (κ2) is 7.48. The lowest BCUT2D eigenvalue weighted by molar-refractivity contribution is 0.578. The first-order valence-corrected chi connectivity index (χ1v) is 10.6. The first kappa shape index (κ1) is 20.2. The van der Waals surface area contributed by atoms with Crippen LogP contribution in [0.4, 0.5) is 0 Å². The summed E-state index contributed by atoms with van der Waals surface area (Å²) in [5.41, 5.74) is 7.03. The molecule has 0 atom stereocenters. The summed E-state index contributed by atoms with van der Waals surface area (Å²) in [6.07, 6.45) is 1.72. The Morgan fingerprint density at radius 1 is 0.964 bits per heavy atom. The number of benzene rings is 1. The van der Waals surface area contributed by atoms with Gasteiger partial charge in [0.15, 0.2) is 0 Å². The van der Waals surface area contributed by atoms with E-state index in [4.69, 9.17) is 0 Å². The number of aryl methyl sites for hydroxylation is 1. The van der Waals surface area contributed by atoms with Crippen LogP contribution in [-0.4, -0.2) is 23.2 Å². The molecule has 7 heteroatoms. The van der Waals surface area contributed by atoms with E-state index in [0.717, 1.165) is 39.2 Å². The molecule has 0 spiro atoms. The molecule has 0 bridgehead atoms. The lowest BCUT2D eigenvalue weighted by atomic mass is 9.95. The summed E-state index contributed by atoms with van der Waals surface area (Å²) in [4.78, 5) is 4.70. The van der Waals surface area contributed by atoms with Gasteiger partial charge in [-0.15, -0.1) is 0 Å². The summed E-state index contributed by atoms with van der Waals surface area (Å²) < 4.78 is 30.6. The molecule has 3 rings (SSSR count). The summed E-state index contributed by atoms with van der Waals surface area (Å²) in [6.45, 7) is 9.81. The largest absolute Gasteiger partial charge is 0.266 e. The highest BCUT2D eigenvalue weighted by molar-refractivity contribution is 7.89. The summed E-state index contributed by atoms with van der Waals surface area (Å²) in [5.74, 6) is 0. The minimum Gasteiger partial charge on any atom is -0.266 e. The standard InChI is InChI=1S/C21H26N4O2S/c1-13-14(2)16(4)21(17(5)15(13)3)28(26,27)23-12-18-11-20(25(6)24-18)19-9-7-8-10-22-19/h7-11,23H,12H2,1-6H3. The van der Waals surface area contributed by atoms with Crippen molar-refractivity contribution in [1.82, 2.24) is 19.5 Å². The zero-order valence-corrected chi connectivity index (χ0v) is 18.0. The molecule has 0 radical (unpaired) electrons. The number of nitrogens with zero attached hydrogens (tertiary/aromatic N) is 3. The van der Waals surface area contributed by atoms with E-state index in [1.807, 2.05) is 65.9 Å². The number of pyridine rings is 1. The molecule has 148 valence electrons. The Hall–Kier alpha value is -2.51. The van der Waals surface area contributed by atoms with Gasteiger partial charge >= 0.3 is 0 Å². The van der Waals surface area contributed by atoms with Crippen molar-refractivity contribution in [2.75, 3.05) is 0 Å². The molecule has 3 aromatic rings. The Kier molecular flexibility index (Phi) is 5.41. The number of hydrogen-bond donors (Lipinski definition) is 1. The molecule has 0 aliphatic rings. The van der Waals surface area contributed by atoms with Gasteiger partial charge in [0.05, 0.1) is 28.5 Å². The number of rotatable bonds is 5. The fraction of sp³-hybridized carbons (Fsp3) is 0.333. The minimum absolute atomic E-state index is 0.119. The van der Waals surface area contributed by atoms with Crippen molar-refractivity contribution in [2.24, 2.45) is 7.05 Å². The lowest BCUT2D eigenvalue weighted by Crippen LogP contribution is -2.26. The topological polar surface area (TPSA) is 76.9 Å². The summed E-state index contributed by atoms with van der Waals surface area (Å²) in [5, 5.41) is 4.43. The zero-order valence-electron chi connectivity index (χ0n) is 17.2. The van der Waals surface area contributed by atoms with E-state index in [2.05, 4.69) is 14.8 Å². The fourth-order valence-corrected chi connectivity index (χ4v) is 5.07. The molecule has 0 fully saturated rings. The second-order valence-corrected chi connectivity index (χ2v) is 8.84. The molecule has 0 unspecified atom stereocenters. The van der Waals surface area contributed by atoms with Gasteiger partial charge in [0.2, 0.25) is 10.0 Å². The van der Waals surface area contributed by atoms with Crippen LogP contribution in [-0.2, 0) is 23.6 Å². The molecule has 2 heterocycles. The number of aromatic nitrogens is 3. The molecule has 6 nitrogen and oxygen atoms in total. The van der Waals surface area contributed by atoms with Crippen molar-refractivity contribution in [3.63, 3.8) is 0 Å². The van der Waals surface area contributed by atoms with Crippen LogP contribution in [0.1, 0.15) is 33.5 Å². The van der Waals surface area contributed by atoms with Gasteiger partial charge in [0.25, 0.3) is 0 Å². The highest BCUT2D eigenvalue weighted by Gasteiger charge is 2.24. The Bertz CT molecular complexity index is 1100. The Morgan fingerprint density at radius 3 is 2.14 bits per heavy atom. The van der Waals surface area contributed by atoms with E-state index in [-0.39, 0.29) is 6.54 Å². The zero-order chi connectivity index (χ0) is 20.6. The van der Waals surface area contributed by atoms with Crippen LogP contribution in [0.25, 0.3) is 11.4 Å². The third kappa shape index (κ3) is 3.59. The van der Waals surface area contributed by atoms with Crippen LogP contribution < -0.4 is 4.72 Å². The summed E-state index contributed by atoms with van der Waals surface area (Å²) >= 11 is 0. The molecule has 0 aliphatic carbocycles. The third-order valence-corrected chi connectivity index (χ3v) is 7.18. The van der Waals surface area contributed by atoms with Gasteiger partial charge in [0.1, 0.15) is 0 Å². The van der Waals surface area contributed by atoms with Crippen molar-refractivity contribution >= 4 is 10.0 Å². The maximum atomic E-state index is 13.1. The minimum atomic E-state index is -3.66. The lowest BCUT2D eigenvalue weighted by Gasteiger charge is -2.18. The fourth-order valence-electron chi connectivity index (χ4n) is 3.48. The SMILES string of the molecule is Cc1c(C)c(C)c(S(=O)(=O)NCc2cc(-c3ccccn3)n(C)n2)c(C)c1C. The average Bonchev–Trinajstić information content (AvgIpc) is 3.05. The highest BCUT2D eigenvalue weighted by atomic mass is 32.2. The molecule has 0 saturated heterocycles. The van der Waals surface area contributed by atoms with Crippen molar-refractivity contribution in [1.29, 1.82) is 0 Å². The average molecular weight is 399 g/mol. The van der Waals surface area contributed by atoms with Crippen molar-refractivity contribution in [2.45, 2.75) is 46.1 Å². The molecule has 1 N–H and O–H groups in total. The normalized spacial score (nSPS) is 11.8. The van der Waals surface area contributed by atoms with E-state index in [1.54, 1.807) is 10.9 Å². The van der Waals surface area contributed by atoms with E-state index >= 15 is 0 Å². The number of sulfonamides is 1. The first-order chi connectivity index (χ1) is 13.1. The summed E-state index contributed by atoms with van der Waals surface area (Å²) in [7, 11) is -1.84. The number of nitrogens with one attached hydrogen (secondary N) is 1. The van der Waals surface area contributed by atoms with Crippen molar-refractivity contribution in [3.8, 4) is 11.4 Å². The Labute approximate surface area is 166 Å². The molecule has 1 aromatic carbocycles. The predicted octanol–water partition coefficient (Wildman–Crippen LogP) is 3.50. The number of hydrogen-bond acceptors (Lipinski definition) is 4. The smallest absolute Gasteiger partial charge is 0.241 e. The predicted molar refractivity (Wildman–Crippen MR) is 111 cm³/mol. The van der Waals surface area contributed by atoms with E-state index in [0.29, 0.717) is 10.6 Å². The van der Waals surface area contributed by atoms with Crippen molar-refractivity contribution in [3.05, 3.63) is 64.0 Å². The van der Waals surface area contributed by atoms with E-state index < -0.39 is 10.0 Å². The molecular formula is C21H26N4O2S. The van der Waals surface area contributed by atoms with Crippen LogP contribution in [0.2, 0.25) is 0 Å². The molecule has 0 saturated carbocycles. The van der Waals surface area contributed by atoms with Crippen LogP contribution in [0.15, 0.2) is 35.4 Å². The molecule has 0 amide bonds. The van der Waals surface area contributed by atoms with Crippen LogP contribution >= 0.6 is 0 Å². The molecule has 28 heavy (non-hydrogen) atoms. The van der Waals surface area contributed by atoms with E-state index in [9.17, 15) is 8.42 Å².